The highest BCUT2D eigenvalue weighted by atomic mass is 32.2. The molecule has 3 N–H and O–H groups in total. The van der Waals surface area contributed by atoms with E-state index in [0.717, 1.165) is 31.1 Å². The number of hydrogen-bond acceptors (Lipinski definition) is 5. The number of benzene rings is 1. The van der Waals surface area contributed by atoms with Crippen LogP contribution in [0.5, 0.6) is 0 Å². The van der Waals surface area contributed by atoms with Gasteiger partial charge >= 0.3 is 6.03 Å². The minimum Gasteiger partial charge on any atom is -0.338 e. The van der Waals surface area contributed by atoms with Crippen LogP contribution in [0.3, 0.4) is 0 Å². The molecule has 2 fully saturated rings. The third-order valence-electron chi connectivity index (χ3n) is 4.41. The molecule has 0 spiro atoms. The summed E-state index contributed by atoms with van der Waals surface area (Å²) in [5, 5.41) is 17.6. The molecule has 25 heavy (non-hydrogen) atoms. The van der Waals surface area contributed by atoms with E-state index in [9.17, 15) is 9.59 Å². The summed E-state index contributed by atoms with van der Waals surface area (Å²) < 4.78 is 0. The molecular weight excluding hydrogens is 338 g/mol. The molecule has 3 amide bonds. The van der Waals surface area contributed by atoms with E-state index < -0.39 is 0 Å². The Bertz CT molecular complexity index is 667. The summed E-state index contributed by atoms with van der Waals surface area (Å²) in [6.45, 7) is 2.08. The topological polar surface area (TPSA) is 97.3 Å². The van der Waals surface area contributed by atoms with Crippen molar-refractivity contribution in [3.63, 3.8) is 0 Å². The predicted octanol–water partition coefficient (Wildman–Crippen LogP) is 1.19. The maximum atomic E-state index is 12.4. The lowest BCUT2D eigenvalue weighted by molar-refractivity contribution is -0.131. The summed E-state index contributed by atoms with van der Waals surface area (Å²) in [5.74, 6) is 2.22. The van der Waals surface area contributed by atoms with E-state index >= 15 is 0 Å². The van der Waals surface area contributed by atoms with E-state index in [4.69, 9.17) is 5.26 Å². The summed E-state index contributed by atoms with van der Waals surface area (Å²) in [7, 11) is 0. The average molecular weight is 359 g/mol. The number of urea groups is 1. The maximum Gasteiger partial charge on any atom is 0.319 e. The van der Waals surface area contributed by atoms with Crippen molar-refractivity contribution in [3.05, 3.63) is 29.8 Å². The molecule has 0 aliphatic carbocycles. The Hall–Kier alpha value is -2.24. The van der Waals surface area contributed by atoms with Gasteiger partial charge in [-0.3, -0.25) is 4.79 Å². The smallest absolute Gasteiger partial charge is 0.319 e. The van der Waals surface area contributed by atoms with Gasteiger partial charge < -0.3 is 20.9 Å². The van der Waals surface area contributed by atoms with Crippen LogP contribution in [0.2, 0.25) is 0 Å². The lowest BCUT2D eigenvalue weighted by Crippen LogP contribution is -2.42. The van der Waals surface area contributed by atoms with E-state index in [2.05, 4.69) is 16.0 Å². The van der Waals surface area contributed by atoms with Crippen LogP contribution in [-0.2, 0) is 4.79 Å². The molecule has 2 atom stereocenters. The number of hydrogen-bond donors (Lipinski definition) is 3. The number of rotatable bonds is 4. The van der Waals surface area contributed by atoms with E-state index in [1.807, 2.05) is 11.0 Å². The van der Waals surface area contributed by atoms with Gasteiger partial charge in [-0.25, -0.2) is 4.79 Å². The molecule has 1 aromatic carbocycles. The van der Waals surface area contributed by atoms with Crippen molar-refractivity contribution in [2.75, 3.05) is 36.6 Å². The van der Waals surface area contributed by atoms with Crippen LogP contribution in [0.4, 0.5) is 10.5 Å². The quantitative estimate of drug-likeness (QED) is 0.750. The van der Waals surface area contributed by atoms with Crippen molar-refractivity contribution >= 4 is 29.4 Å². The fourth-order valence-electron chi connectivity index (χ4n) is 3.00. The Kier molecular flexibility index (Phi) is 5.79. The first kappa shape index (κ1) is 17.6. The first-order valence-electron chi connectivity index (χ1n) is 8.30. The van der Waals surface area contributed by atoms with Crippen LogP contribution in [-0.4, -0.2) is 54.1 Å². The number of anilines is 1. The second kappa shape index (κ2) is 8.23. The first-order chi connectivity index (χ1) is 12.2. The van der Waals surface area contributed by atoms with Gasteiger partial charge in [0.25, 0.3) is 0 Å². The summed E-state index contributed by atoms with van der Waals surface area (Å²) in [4.78, 5) is 26.2. The molecule has 2 aliphatic rings. The van der Waals surface area contributed by atoms with E-state index in [0.29, 0.717) is 17.8 Å². The van der Waals surface area contributed by atoms with Crippen LogP contribution in [0.25, 0.3) is 0 Å². The van der Waals surface area contributed by atoms with Gasteiger partial charge in [-0.2, -0.15) is 5.26 Å². The summed E-state index contributed by atoms with van der Waals surface area (Å²) >= 11 is 1.78. The molecule has 0 bridgehead atoms. The molecule has 1 aromatic rings. The minimum atomic E-state index is -0.282. The zero-order valence-corrected chi connectivity index (χ0v) is 14.6. The highest BCUT2D eigenvalue weighted by Gasteiger charge is 2.33. The molecule has 7 nitrogen and oxygen atoms in total. The number of nitriles is 1. The summed E-state index contributed by atoms with van der Waals surface area (Å²) in [6.07, 6.45) is 0.747. The summed E-state index contributed by atoms with van der Waals surface area (Å²) in [6, 6.07) is 8.32. The number of carbonyl (C=O) groups excluding carboxylic acids is 2. The molecule has 0 radical (unpaired) electrons. The minimum absolute atomic E-state index is 0.132. The van der Waals surface area contributed by atoms with E-state index in [-0.39, 0.29) is 23.9 Å². The van der Waals surface area contributed by atoms with E-state index in [1.54, 1.807) is 36.0 Å². The second-order valence-electron chi connectivity index (χ2n) is 6.23. The lowest BCUT2D eigenvalue weighted by Gasteiger charge is -2.19. The number of amides is 3. The Labute approximate surface area is 151 Å². The fraction of sp³-hybridized carbons (Fsp3) is 0.471. The van der Waals surface area contributed by atoms with Gasteiger partial charge in [-0.05, 0) is 36.6 Å². The third-order valence-corrected chi connectivity index (χ3v) is 5.37. The van der Waals surface area contributed by atoms with Gasteiger partial charge in [0, 0.05) is 31.1 Å². The van der Waals surface area contributed by atoms with Gasteiger partial charge in [0.1, 0.15) is 0 Å². The molecule has 2 heterocycles. The summed E-state index contributed by atoms with van der Waals surface area (Å²) in [5.41, 5.74) is 1.19. The molecular formula is C17H21N5O2S. The molecule has 132 valence electrons. The molecule has 8 heteroatoms. The Morgan fingerprint density at radius 1 is 1.36 bits per heavy atom. The number of carbonyl (C=O) groups is 2. The molecule has 0 saturated carbocycles. The SMILES string of the molecule is N#Cc1ccc(NC(=O)NC[C@@H]2CN[C@H](C(=O)N3CCSC3)C2)cc1. The van der Waals surface area contributed by atoms with Crippen molar-refractivity contribution < 1.29 is 9.59 Å². The van der Waals surface area contributed by atoms with Crippen molar-refractivity contribution in [1.29, 1.82) is 5.26 Å². The molecule has 2 saturated heterocycles. The first-order valence-corrected chi connectivity index (χ1v) is 9.46. The monoisotopic (exact) mass is 359 g/mol. The molecule has 0 unspecified atom stereocenters. The van der Waals surface area contributed by atoms with E-state index in [1.165, 1.54) is 0 Å². The fourth-order valence-corrected chi connectivity index (χ4v) is 3.96. The predicted molar refractivity (Wildman–Crippen MR) is 97.1 cm³/mol. The standard InChI is InChI=1S/C17H21N5O2S/c18-8-12-1-3-14(4-2-12)21-17(24)20-10-13-7-15(19-9-13)16(23)22-5-6-25-11-22/h1-4,13,15,19H,5-7,9-11H2,(H2,20,21,24)/t13-,15-/m0/s1. The van der Waals surface area contributed by atoms with Crippen LogP contribution >= 0.6 is 11.8 Å². The lowest BCUT2D eigenvalue weighted by atomic mass is 10.1. The van der Waals surface area contributed by atoms with Gasteiger partial charge in [0.2, 0.25) is 5.91 Å². The molecule has 3 rings (SSSR count). The van der Waals surface area contributed by atoms with Crippen molar-refractivity contribution in [2.24, 2.45) is 5.92 Å². The van der Waals surface area contributed by atoms with Crippen molar-refractivity contribution in [2.45, 2.75) is 12.5 Å². The number of nitrogens with zero attached hydrogens (tertiary/aromatic N) is 2. The van der Waals surface area contributed by atoms with Crippen LogP contribution in [0, 0.1) is 17.2 Å². The van der Waals surface area contributed by atoms with Crippen LogP contribution < -0.4 is 16.0 Å². The Morgan fingerprint density at radius 3 is 2.84 bits per heavy atom. The van der Waals surface area contributed by atoms with Crippen LogP contribution in [0.1, 0.15) is 12.0 Å². The third kappa shape index (κ3) is 4.65. The van der Waals surface area contributed by atoms with Gasteiger partial charge in [-0.1, -0.05) is 0 Å². The molecule has 2 aliphatic heterocycles. The number of thioether (sulfide) groups is 1. The zero-order valence-electron chi connectivity index (χ0n) is 13.8. The average Bonchev–Trinajstić information content (AvgIpc) is 3.32. The Balaban J connectivity index is 1.40. The largest absolute Gasteiger partial charge is 0.338 e. The maximum absolute atomic E-state index is 12.4. The van der Waals surface area contributed by atoms with Crippen molar-refractivity contribution in [3.8, 4) is 6.07 Å². The highest BCUT2D eigenvalue weighted by molar-refractivity contribution is 7.99. The second-order valence-corrected chi connectivity index (χ2v) is 7.30. The zero-order chi connectivity index (χ0) is 17.6. The van der Waals surface area contributed by atoms with Gasteiger partial charge in [0.15, 0.2) is 0 Å². The highest BCUT2D eigenvalue weighted by Crippen LogP contribution is 2.20. The normalized spacial score (nSPS) is 22.4. The van der Waals surface area contributed by atoms with Crippen LogP contribution in [0.15, 0.2) is 24.3 Å². The van der Waals surface area contributed by atoms with Crippen molar-refractivity contribution in [1.82, 2.24) is 15.5 Å². The molecule has 0 aromatic heterocycles. The number of nitrogens with one attached hydrogen (secondary N) is 3. The Morgan fingerprint density at radius 2 is 2.16 bits per heavy atom. The van der Waals surface area contributed by atoms with Gasteiger partial charge in [-0.15, -0.1) is 11.8 Å². The van der Waals surface area contributed by atoms with Gasteiger partial charge in [0.05, 0.1) is 23.6 Å².